The third-order valence-electron chi connectivity index (χ3n) is 3.95. The van der Waals surface area contributed by atoms with Gasteiger partial charge in [0.15, 0.2) is 0 Å². The molecule has 1 amide bonds. The van der Waals surface area contributed by atoms with Crippen LogP contribution in [-0.4, -0.2) is 40.3 Å². The Labute approximate surface area is 167 Å². The molecular weight excluding hydrogens is 409 g/mol. The third-order valence-corrected chi connectivity index (χ3v) is 5.07. The number of para-hydroxylation sites is 1. The number of carbonyl (C=O) groups is 1. The van der Waals surface area contributed by atoms with Crippen molar-refractivity contribution in [3.8, 4) is 5.75 Å². The van der Waals surface area contributed by atoms with Gasteiger partial charge in [-0.2, -0.15) is 13.2 Å². The van der Waals surface area contributed by atoms with Crippen LogP contribution in [0, 0.1) is 6.92 Å². The number of hydrogen-bond acceptors (Lipinski definition) is 4. The van der Waals surface area contributed by atoms with E-state index in [-0.39, 0.29) is 18.9 Å². The maximum Gasteiger partial charge on any atom is 0.416 e. The summed E-state index contributed by atoms with van der Waals surface area (Å²) in [6.07, 6.45) is -3.41. The Bertz CT molecular complexity index is 945. The van der Waals surface area contributed by atoms with Crippen molar-refractivity contribution >= 4 is 21.6 Å². The molecule has 0 fully saturated rings. The van der Waals surface area contributed by atoms with Crippen LogP contribution in [0.4, 0.5) is 18.9 Å². The lowest BCUT2D eigenvalue weighted by Gasteiger charge is -2.23. The molecular formula is C19H21F3N2O4S. The first kappa shape index (κ1) is 22.5. The van der Waals surface area contributed by atoms with Crippen LogP contribution in [0.15, 0.2) is 48.5 Å². The number of nitrogens with one attached hydrogen (secondary N) is 1. The lowest BCUT2D eigenvalue weighted by atomic mass is 10.2. The van der Waals surface area contributed by atoms with E-state index in [1.807, 2.05) is 0 Å². The largest absolute Gasteiger partial charge is 0.492 e. The average molecular weight is 430 g/mol. The van der Waals surface area contributed by atoms with Gasteiger partial charge in [0, 0.05) is 0 Å². The van der Waals surface area contributed by atoms with E-state index in [2.05, 4.69) is 5.32 Å². The first-order valence-electron chi connectivity index (χ1n) is 8.58. The number of anilines is 1. The first-order chi connectivity index (χ1) is 13.5. The first-order valence-corrected chi connectivity index (χ1v) is 10.4. The van der Waals surface area contributed by atoms with Crippen LogP contribution in [0.25, 0.3) is 0 Å². The Hall–Kier alpha value is -2.75. The molecule has 2 aromatic rings. The van der Waals surface area contributed by atoms with Crippen molar-refractivity contribution in [2.45, 2.75) is 13.1 Å². The van der Waals surface area contributed by atoms with Crippen LogP contribution in [0.1, 0.15) is 11.1 Å². The molecule has 0 spiro atoms. The maximum atomic E-state index is 12.5. The van der Waals surface area contributed by atoms with Gasteiger partial charge in [-0.25, -0.2) is 8.42 Å². The molecule has 0 aromatic heterocycles. The van der Waals surface area contributed by atoms with E-state index in [1.165, 1.54) is 12.1 Å². The van der Waals surface area contributed by atoms with E-state index in [9.17, 15) is 26.4 Å². The molecule has 0 heterocycles. The summed E-state index contributed by atoms with van der Waals surface area (Å²) in [5.74, 6) is -0.306. The molecule has 0 saturated heterocycles. The van der Waals surface area contributed by atoms with Gasteiger partial charge in [-0.1, -0.05) is 18.2 Å². The highest BCUT2D eigenvalue weighted by Crippen LogP contribution is 2.30. The molecule has 158 valence electrons. The van der Waals surface area contributed by atoms with Gasteiger partial charge in [-0.05, 0) is 42.8 Å². The second kappa shape index (κ2) is 9.17. The summed E-state index contributed by atoms with van der Waals surface area (Å²) in [6, 6.07) is 11.0. The highest BCUT2D eigenvalue weighted by atomic mass is 32.2. The Morgan fingerprint density at radius 2 is 1.72 bits per heavy atom. The summed E-state index contributed by atoms with van der Waals surface area (Å²) in [5.41, 5.74) is 0.331. The number of carbonyl (C=O) groups excluding carboxylic acids is 1. The van der Waals surface area contributed by atoms with Crippen molar-refractivity contribution in [2.24, 2.45) is 0 Å². The SMILES string of the molecule is Cc1ccccc1N(CC(=O)NCCOc1ccc(C(F)(F)F)cc1)S(C)(=O)=O. The van der Waals surface area contributed by atoms with E-state index >= 15 is 0 Å². The molecule has 0 aliphatic carbocycles. The molecule has 0 saturated carbocycles. The van der Waals surface area contributed by atoms with Gasteiger partial charge in [-0.15, -0.1) is 0 Å². The second-order valence-corrected chi connectivity index (χ2v) is 8.18. The number of benzene rings is 2. The molecule has 2 rings (SSSR count). The summed E-state index contributed by atoms with van der Waals surface area (Å²) >= 11 is 0. The zero-order chi connectivity index (χ0) is 21.7. The summed E-state index contributed by atoms with van der Waals surface area (Å²) in [4.78, 5) is 12.2. The summed E-state index contributed by atoms with van der Waals surface area (Å²) in [5, 5.41) is 2.53. The summed E-state index contributed by atoms with van der Waals surface area (Å²) < 4.78 is 68.0. The number of halogens is 3. The number of amides is 1. The number of nitrogens with zero attached hydrogens (tertiary/aromatic N) is 1. The number of ether oxygens (including phenoxy) is 1. The molecule has 0 bridgehead atoms. The highest BCUT2D eigenvalue weighted by molar-refractivity contribution is 7.92. The van der Waals surface area contributed by atoms with Crippen LogP contribution in [0.3, 0.4) is 0 Å². The maximum absolute atomic E-state index is 12.5. The van der Waals surface area contributed by atoms with Crippen LogP contribution < -0.4 is 14.4 Å². The van der Waals surface area contributed by atoms with Crippen LogP contribution in [0.5, 0.6) is 5.75 Å². The third kappa shape index (κ3) is 6.67. The van der Waals surface area contributed by atoms with Gasteiger partial charge >= 0.3 is 6.18 Å². The standard InChI is InChI=1S/C19H21F3N2O4S/c1-14-5-3-4-6-17(14)24(29(2,26)27)13-18(25)23-11-12-28-16-9-7-15(8-10-16)19(20,21)22/h3-10H,11-13H2,1-2H3,(H,23,25). The monoisotopic (exact) mass is 430 g/mol. The van der Waals surface area contributed by atoms with Crippen molar-refractivity contribution in [1.82, 2.24) is 5.32 Å². The number of hydrogen-bond donors (Lipinski definition) is 1. The van der Waals surface area contributed by atoms with Gasteiger partial charge in [-0.3, -0.25) is 9.10 Å². The van der Waals surface area contributed by atoms with E-state index in [0.717, 1.165) is 22.7 Å². The van der Waals surface area contributed by atoms with Gasteiger partial charge in [0.1, 0.15) is 18.9 Å². The minimum atomic E-state index is -4.42. The molecule has 0 unspecified atom stereocenters. The summed E-state index contributed by atoms with van der Waals surface area (Å²) in [7, 11) is -3.68. The highest BCUT2D eigenvalue weighted by Gasteiger charge is 2.30. The van der Waals surface area contributed by atoms with E-state index in [1.54, 1.807) is 31.2 Å². The molecule has 0 aliphatic rings. The number of sulfonamides is 1. The fourth-order valence-electron chi connectivity index (χ4n) is 2.51. The fraction of sp³-hybridized carbons (Fsp3) is 0.316. The Morgan fingerprint density at radius 3 is 2.28 bits per heavy atom. The second-order valence-electron chi connectivity index (χ2n) is 6.28. The van der Waals surface area contributed by atoms with Crippen LogP contribution in [0.2, 0.25) is 0 Å². The zero-order valence-electron chi connectivity index (χ0n) is 15.9. The minimum absolute atomic E-state index is 0.0142. The lowest BCUT2D eigenvalue weighted by Crippen LogP contribution is -2.41. The molecule has 0 radical (unpaired) electrons. The molecule has 2 aromatic carbocycles. The van der Waals surface area contributed by atoms with Crippen molar-refractivity contribution in [1.29, 1.82) is 0 Å². The molecule has 10 heteroatoms. The van der Waals surface area contributed by atoms with E-state index < -0.39 is 34.2 Å². The van der Waals surface area contributed by atoms with Crippen molar-refractivity contribution in [3.63, 3.8) is 0 Å². The lowest BCUT2D eigenvalue weighted by molar-refractivity contribution is -0.137. The molecule has 0 atom stereocenters. The molecule has 0 aliphatic heterocycles. The normalized spacial score (nSPS) is 11.8. The molecule has 29 heavy (non-hydrogen) atoms. The fourth-order valence-corrected chi connectivity index (χ4v) is 3.42. The topological polar surface area (TPSA) is 75.7 Å². The number of rotatable bonds is 8. The summed E-state index contributed by atoms with van der Waals surface area (Å²) in [6.45, 7) is 1.42. The predicted octanol–water partition coefficient (Wildman–Crippen LogP) is 2.98. The Kier molecular flexibility index (Phi) is 7.12. The van der Waals surface area contributed by atoms with Crippen LogP contribution in [-0.2, 0) is 21.0 Å². The number of alkyl halides is 3. The zero-order valence-corrected chi connectivity index (χ0v) is 16.7. The van der Waals surface area contributed by atoms with Crippen molar-refractivity contribution in [2.75, 3.05) is 30.3 Å². The Balaban J connectivity index is 1.88. The predicted molar refractivity (Wildman–Crippen MR) is 103 cm³/mol. The van der Waals surface area contributed by atoms with E-state index in [4.69, 9.17) is 4.74 Å². The van der Waals surface area contributed by atoms with Gasteiger partial charge < -0.3 is 10.1 Å². The van der Waals surface area contributed by atoms with Gasteiger partial charge in [0.2, 0.25) is 15.9 Å². The van der Waals surface area contributed by atoms with E-state index in [0.29, 0.717) is 11.3 Å². The molecule has 1 N–H and O–H groups in total. The average Bonchev–Trinajstić information content (AvgIpc) is 2.63. The Morgan fingerprint density at radius 1 is 1.10 bits per heavy atom. The van der Waals surface area contributed by atoms with Crippen LogP contribution >= 0.6 is 0 Å². The smallest absolute Gasteiger partial charge is 0.416 e. The molecule has 6 nitrogen and oxygen atoms in total. The quantitative estimate of drug-likeness (QED) is 0.654. The minimum Gasteiger partial charge on any atom is -0.492 e. The van der Waals surface area contributed by atoms with Gasteiger partial charge in [0.05, 0.1) is 24.1 Å². The van der Waals surface area contributed by atoms with Crippen molar-refractivity contribution < 1.29 is 31.1 Å². The number of aryl methyl sites for hydroxylation is 1. The van der Waals surface area contributed by atoms with Crippen molar-refractivity contribution in [3.05, 3.63) is 59.7 Å². The van der Waals surface area contributed by atoms with Gasteiger partial charge in [0.25, 0.3) is 0 Å².